The van der Waals surface area contributed by atoms with E-state index in [1.807, 2.05) is 27.0 Å². The predicted molar refractivity (Wildman–Crippen MR) is 94.0 cm³/mol. The average molecular weight is 337 g/mol. The molecule has 1 aliphatic carbocycles. The zero-order valence-corrected chi connectivity index (χ0v) is 14.4. The number of ketones is 1. The highest BCUT2D eigenvalue weighted by atomic mass is 16.2. The molecule has 0 saturated carbocycles. The minimum Gasteiger partial charge on any atom is -0.354 e. The number of hydrogen-bond donors (Lipinski definition) is 2. The second kappa shape index (κ2) is 5.54. The van der Waals surface area contributed by atoms with Gasteiger partial charge in [0.15, 0.2) is 11.4 Å². The van der Waals surface area contributed by atoms with E-state index >= 15 is 0 Å². The van der Waals surface area contributed by atoms with Crippen molar-refractivity contribution in [3.05, 3.63) is 40.5 Å². The van der Waals surface area contributed by atoms with Crippen molar-refractivity contribution in [1.29, 1.82) is 0 Å². The van der Waals surface area contributed by atoms with Gasteiger partial charge in [-0.1, -0.05) is 0 Å². The first-order valence-corrected chi connectivity index (χ1v) is 8.31. The molecule has 1 amide bonds. The summed E-state index contributed by atoms with van der Waals surface area (Å²) in [5, 5.41) is 8.10. The van der Waals surface area contributed by atoms with Crippen LogP contribution in [0.4, 0.5) is 5.69 Å². The van der Waals surface area contributed by atoms with Crippen molar-refractivity contribution in [1.82, 2.24) is 19.7 Å². The number of aryl methyl sites for hydroxylation is 3. The van der Waals surface area contributed by atoms with E-state index in [-0.39, 0.29) is 11.7 Å². The first-order chi connectivity index (χ1) is 12.0. The number of carbonyl (C=O) groups is 2. The number of carbonyl (C=O) groups excluding carboxylic acids is 2. The quantitative estimate of drug-likeness (QED) is 0.752. The van der Waals surface area contributed by atoms with Gasteiger partial charge in [-0.2, -0.15) is 5.10 Å². The van der Waals surface area contributed by atoms with Crippen molar-refractivity contribution in [2.75, 3.05) is 5.32 Å². The molecule has 128 valence electrons. The van der Waals surface area contributed by atoms with Crippen molar-refractivity contribution in [2.24, 2.45) is 7.05 Å². The lowest BCUT2D eigenvalue weighted by molar-refractivity contribution is 0.0971. The van der Waals surface area contributed by atoms with Gasteiger partial charge in [0.25, 0.3) is 5.91 Å². The lowest BCUT2D eigenvalue weighted by Crippen LogP contribution is -2.14. The second-order valence-electron chi connectivity index (χ2n) is 6.51. The Kier molecular flexibility index (Phi) is 3.45. The van der Waals surface area contributed by atoms with Gasteiger partial charge in [0.2, 0.25) is 0 Å². The number of pyridine rings is 1. The lowest BCUT2D eigenvalue weighted by atomic mass is 9.94. The van der Waals surface area contributed by atoms with Crippen LogP contribution < -0.4 is 5.32 Å². The summed E-state index contributed by atoms with van der Waals surface area (Å²) >= 11 is 0. The van der Waals surface area contributed by atoms with E-state index in [2.05, 4.69) is 20.4 Å². The Morgan fingerprint density at radius 3 is 2.88 bits per heavy atom. The van der Waals surface area contributed by atoms with E-state index < -0.39 is 0 Å². The maximum absolute atomic E-state index is 12.7. The minimum absolute atomic E-state index is 0.114. The molecule has 0 fully saturated rings. The Labute approximate surface area is 144 Å². The summed E-state index contributed by atoms with van der Waals surface area (Å²) in [6, 6.07) is 1.87. The SMILES string of the molecule is Cc1c(C(=O)Nc2cnc3c(c2)c(C)nn3C)[nH]c2c1C(=O)CCC2. The predicted octanol–water partition coefficient (Wildman–Crippen LogP) is 2.68. The molecule has 0 atom stereocenters. The fourth-order valence-corrected chi connectivity index (χ4v) is 3.57. The maximum Gasteiger partial charge on any atom is 0.272 e. The van der Waals surface area contributed by atoms with E-state index in [4.69, 9.17) is 0 Å². The fraction of sp³-hybridized carbons (Fsp3) is 0.333. The van der Waals surface area contributed by atoms with Crippen LogP contribution in [-0.4, -0.2) is 31.4 Å². The standard InChI is InChI=1S/C18H19N5O2/c1-9-15-13(5-4-6-14(15)24)21-16(9)18(25)20-11-7-12-10(2)22-23(3)17(12)19-8-11/h7-8,21H,4-6H2,1-3H3,(H,20,25). The van der Waals surface area contributed by atoms with Gasteiger partial charge < -0.3 is 10.3 Å². The lowest BCUT2D eigenvalue weighted by Gasteiger charge is -2.09. The molecule has 25 heavy (non-hydrogen) atoms. The molecule has 3 aromatic rings. The summed E-state index contributed by atoms with van der Waals surface area (Å²) in [4.78, 5) is 32.3. The third kappa shape index (κ3) is 2.43. The molecular formula is C18H19N5O2. The smallest absolute Gasteiger partial charge is 0.272 e. The number of Topliss-reactive ketones (excluding diaryl/α,β-unsaturated/α-hetero) is 1. The highest BCUT2D eigenvalue weighted by Gasteiger charge is 2.26. The van der Waals surface area contributed by atoms with Crippen LogP contribution in [0.25, 0.3) is 11.0 Å². The van der Waals surface area contributed by atoms with Gasteiger partial charge in [-0.05, 0) is 38.3 Å². The molecule has 3 aromatic heterocycles. The molecule has 0 saturated heterocycles. The number of nitrogens with zero attached hydrogens (tertiary/aromatic N) is 3. The van der Waals surface area contributed by atoms with Crippen molar-refractivity contribution in [3.63, 3.8) is 0 Å². The number of rotatable bonds is 2. The highest BCUT2D eigenvalue weighted by Crippen LogP contribution is 2.27. The molecule has 0 aliphatic heterocycles. The van der Waals surface area contributed by atoms with Crippen LogP contribution in [-0.2, 0) is 13.5 Å². The summed E-state index contributed by atoms with van der Waals surface area (Å²) in [7, 11) is 1.84. The molecule has 1 aliphatic rings. The van der Waals surface area contributed by atoms with Crippen LogP contribution in [0.5, 0.6) is 0 Å². The van der Waals surface area contributed by atoms with Crippen LogP contribution in [0.3, 0.4) is 0 Å². The van der Waals surface area contributed by atoms with Gasteiger partial charge in [0.1, 0.15) is 5.69 Å². The van der Waals surface area contributed by atoms with Crippen LogP contribution in [0.15, 0.2) is 12.3 Å². The Morgan fingerprint density at radius 2 is 2.12 bits per heavy atom. The normalized spacial score (nSPS) is 14.0. The van der Waals surface area contributed by atoms with Crippen molar-refractivity contribution in [3.8, 4) is 0 Å². The zero-order valence-electron chi connectivity index (χ0n) is 14.4. The van der Waals surface area contributed by atoms with Crippen LogP contribution in [0, 0.1) is 13.8 Å². The highest BCUT2D eigenvalue weighted by molar-refractivity contribution is 6.08. The van der Waals surface area contributed by atoms with Crippen molar-refractivity contribution in [2.45, 2.75) is 33.1 Å². The number of hydrogen-bond acceptors (Lipinski definition) is 4. The van der Waals surface area contributed by atoms with Gasteiger partial charge >= 0.3 is 0 Å². The van der Waals surface area contributed by atoms with Crippen molar-refractivity contribution < 1.29 is 9.59 Å². The third-order valence-corrected chi connectivity index (χ3v) is 4.79. The van der Waals surface area contributed by atoms with Crippen LogP contribution in [0.2, 0.25) is 0 Å². The second-order valence-corrected chi connectivity index (χ2v) is 6.51. The van der Waals surface area contributed by atoms with E-state index in [1.165, 1.54) is 0 Å². The van der Waals surface area contributed by atoms with Gasteiger partial charge in [-0.3, -0.25) is 14.3 Å². The van der Waals surface area contributed by atoms with Gasteiger partial charge in [0, 0.05) is 30.1 Å². The first kappa shape index (κ1) is 15.6. The molecular weight excluding hydrogens is 318 g/mol. The number of amides is 1. The summed E-state index contributed by atoms with van der Waals surface area (Å²) in [6.45, 7) is 3.73. The fourth-order valence-electron chi connectivity index (χ4n) is 3.57. The Bertz CT molecular complexity index is 1030. The number of fused-ring (bicyclic) bond motifs is 2. The van der Waals surface area contributed by atoms with Crippen LogP contribution >= 0.6 is 0 Å². The monoisotopic (exact) mass is 337 g/mol. The van der Waals surface area contributed by atoms with Crippen LogP contribution in [0.1, 0.15) is 50.6 Å². The summed E-state index contributed by atoms with van der Waals surface area (Å²) in [5.41, 5.74) is 4.97. The topological polar surface area (TPSA) is 92.7 Å². The number of anilines is 1. The molecule has 7 nitrogen and oxygen atoms in total. The average Bonchev–Trinajstić information content (AvgIpc) is 3.06. The van der Waals surface area contributed by atoms with E-state index in [1.54, 1.807) is 10.9 Å². The van der Waals surface area contributed by atoms with E-state index in [9.17, 15) is 9.59 Å². The molecule has 3 heterocycles. The molecule has 0 bridgehead atoms. The van der Waals surface area contributed by atoms with Gasteiger partial charge in [-0.15, -0.1) is 0 Å². The third-order valence-electron chi connectivity index (χ3n) is 4.79. The Hall–Kier alpha value is -2.96. The number of aromatic nitrogens is 4. The summed E-state index contributed by atoms with van der Waals surface area (Å²) < 4.78 is 1.71. The minimum atomic E-state index is -0.262. The Balaban J connectivity index is 1.67. The summed E-state index contributed by atoms with van der Waals surface area (Å²) in [6.07, 6.45) is 3.80. The summed E-state index contributed by atoms with van der Waals surface area (Å²) in [5.74, 6) is -0.148. The first-order valence-electron chi connectivity index (χ1n) is 8.31. The number of H-pyrrole nitrogens is 1. The van der Waals surface area contributed by atoms with E-state index in [0.29, 0.717) is 23.4 Å². The molecule has 0 unspecified atom stereocenters. The molecule has 7 heteroatoms. The van der Waals surface area contributed by atoms with E-state index in [0.717, 1.165) is 40.8 Å². The molecule has 2 N–H and O–H groups in total. The largest absolute Gasteiger partial charge is 0.354 e. The number of aromatic amines is 1. The molecule has 0 spiro atoms. The number of nitrogens with one attached hydrogen (secondary N) is 2. The van der Waals surface area contributed by atoms with Gasteiger partial charge in [0.05, 0.1) is 17.6 Å². The maximum atomic E-state index is 12.7. The van der Waals surface area contributed by atoms with Crippen molar-refractivity contribution >= 4 is 28.4 Å². The molecule has 0 radical (unpaired) electrons. The molecule has 4 rings (SSSR count). The Morgan fingerprint density at radius 1 is 1.32 bits per heavy atom. The zero-order chi connectivity index (χ0) is 17.7. The molecule has 0 aromatic carbocycles. The van der Waals surface area contributed by atoms with Gasteiger partial charge in [-0.25, -0.2) is 4.98 Å².